The lowest BCUT2D eigenvalue weighted by Crippen LogP contribution is -2.19. The minimum atomic E-state index is -0.721. The van der Waals surface area contributed by atoms with E-state index < -0.39 is 11.9 Å². The minimum absolute atomic E-state index is 0.183. The molecule has 0 aliphatic carbocycles. The number of hydrogen-bond acceptors (Lipinski definition) is 6. The summed E-state index contributed by atoms with van der Waals surface area (Å²) in [5, 5.41) is 6.93. The molecule has 0 atom stereocenters. The van der Waals surface area contributed by atoms with Crippen molar-refractivity contribution in [1.29, 1.82) is 0 Å². The van der Waals surface area contributed by atoms with E-state index in [1.807, 2.05) is 6.92 Å². The van der Waals surface area contributed by atoms with Gasteiger partial charge in [0.25, 0.3) is 0 Å². The van der Waals surface area contributed by atoms with Crippen LogP contribution in [-0.4, -0.2) is 34.9 Å². The molecule has 7 heteroatoms. The van der Waals surface area contributed by atoms with Crippen molar-refractivity contribution in [2.45, 2.75) is 27.3 Å². The first-order valence-corrected chi connectivity index (χ1v) is 6.46. The Morgan fingerprint density at radius 1 is 1.25 bits per heavy atom. The summed E-state index contributed by atoms with van der Waals surface area (Å²) in [5.74, 6) is -0.777. The van der Waals surface area contributed by atoms with Crippen LogP contribution in [0.15, 0.2) is 24.0 Å². The molecule has 1 N–H and O–H groups in total. The van der Waals surface area contributed by atoms with Gasteiger partial charge in [-0.05, 0) is 20.8 Å². The van der Waals surface area contributed by atoms with Crippen LogP contribution >= 0.6 is 0 Å². The Morgan fingerprint density at radius 2 is 1.85 bits per heavy atom. The third-order valence-electron chi connectivity index (χ3n) is 2.37. The number of ether oxygens (including phenoxy) is 2. The molecule has 1 rings (SSSR count). The topological polar surface area (TPSA) is 82.5 Å². The van der Waals surface area contributed by atoms with Gasteiger partial charge in [-0.2, -0.15) is 5.10 Å². The Kier molecular flexibility index (Phi) is 6.28. The molecule has 1 heterocycles. The maximum atomic E-state index is 11.7. The van der Waals surface area contributed by atoms with Gasteiger partial charge in [-0.25, -0.2) is 14.3 Å². The van der Waals surface area contributed by atoms with Gasteiger partial charge in [-0.15, -0.1) is 0 Å². The number of nitrogens with zero attached hydrogens (tertiary/aromatic N) is 2. The zero-order chi connectivity index (χ0) is 15.0. The lowest BCUT2D eigenvalue weighted by molar-refractivity contribution is -0.146. The van der Waals surface area contributed by atoms with Crippen molar-refractivity contribution < 1.29 is 19.1 Å². The summed E-state index contributed by atoms with van der Waals surface area (Å²) >= 11 is 0. The standard InChI is InChI=1S/C13H19N3O4/c1-4-16-11(7-8-15-16)14-9-10(12(17)19-5-2)13(18)20-6-3/h7-9,14H,4-6H2,1-3H3. The van der Waals surface area contributed by atoms with Crippen LogP contribution in [-0.2, 0) is 25.6 Å². The van der Waals surface area contributed by atoms with Gasteiger partial charge in [-0.1, -0.05) is 0 Å². The van der Waals surface area contributed by atoms with E-state index in [9.17, 15) is 9.59 Å². The second-order valence-corrected chi connectivity index (χ2v) is 3.68. The van der Waals surface area contributed by atoms with Gasteiger partial charge in [0.1, 0.15) is 5.82 Å². The van der Waals surface area contributed by atoms with E-state index in [0.717, 1.165) is 0 Å². The van der Waals surface area contributed by atoms with Gasteiger partial charge in [0, 0.05) is 18.8 Å². The Labute approximate surface area is 117 Å². The number of carbonyl (C=O) groups excluding carboxylic acids is 2. The molecular weight excluding hydrogens is 262 g/mol. The molecule has 1 aromatic rings. The highest BCUT2D eigenvalue weighted by Gasteiger charge is 2.21. The molecule has 0 unspecified atom stereocenters. The summed E-state index contributed by atoms with van der Waals surface area (Å²) in [4.78, 5) is 23.4. The third kappa shape index (κ3) is 4.11. The van der Waals surface area contributed by atoms with Crippen molar-refractivity contribution in [2.75, 3.05) is 18.5 Å². The fourth-order valence-electron chi connectivity index (χ4n) is 1.47. The molecule has 0 saturated heterocycles. The van der Waals surface area contributed by atoms with Crippen LogP contribution in [0.5, 0.6) is 0 Å². The summed E-state index contributed by atoms with van der Waals surface area (Å²) in [7, 11) is 0. The molecule has 0 aromatic carbocycles. The fourth-order valence-corrected chi connectivity index (χ4v) is 1.47. The summed E-state index contributed by atoms with van der Waals surface area (Å²) < 4.78 is 11.3. The van der Waals surface area contributed by atoms with Gasteiger partial charge < -0.3 is 14.8 Å². The molecule has 0 bridgehead atoms. The van der Waals surface area contributed by atoms with E-state index in [2.05, 4.69) is 10.4 Å². The lowest BCUT2D eigenvalue weighted by atomic mass is 10.3. The van der Waals surface area contributed by atoms with E-state index >= 15 is 0 Å². The Hall–Kier alpha value is -2.31. The molecule has 0 amide bonds. The number of carbonyl (C=O) groups is 2. The van der Waals surface area contributed by atoms with Crippen molar-refractivity contribution >= 4 is 17.8 Å². The van der Waals surface area contributed by atoms with E-state index in [1.54, 1.807) is 30.8 Å². The zero-order valence-electron chi connectivity index (χ0n) is 11.9. The van der Waals surface area contributed by atoms with Gasteiger partial charge in [-0.3, -0.25) is 0 Å². The molecule has 1 aromatic heterocycles. The fraction of sp³-hybridized carbons (Fsp3) is 0.462. The molecular formula is C13H19N3O4. The normalized spacial score (nSPS) is 9.75. The van der Waals surface area contributed by atoms with Crippen molar-refractivity contribution in [2.24, 2.45) is 0 Å². The van der Waals surface area contributed by atoms with Gasteiger partial charge in [0.15, 0.2) is 5.57 Å². The zero-order valence-corrected chi connectivity index (χ0v) is 11.9. The van der Waals surface area contributed by atoms with E-state index in [4.69, 9.17) is 9.47 Å². The Bertz CT molecular complexity index is 474. The smallest absolute Gasteiger partial charge is 0.347 e. The van der Waals surface area contributed by atoms with Crippen molar-refractivity contribution in [3.8, 4) is 0 Å². The van der Waals surface area contributed by atoms with Gasteiger partial charge in [0.2, 0.25) is 0 Å². The average molecular weight is 281 g/mol. The largest absolute Gasteiger partial charge is 0.462 e. The average Bonchev–Trinajstić information content (AvgIpc) is 2.87. The van der Waals surface area contributed by atoms with Crippen LogP contribution in [0.1, 0.15) is 20.8 Å². The highest BCUT2D eigenvalue weighted by Crippen LogP contribution is 2.08. The summed E-state index contributed by atoms with van der Waals surface area (Å²) in [5.41, 5.74) is -0.183. The molecule has 0 fully saturated rings. The number of anilines is 1. The molecule has 0 saturated carbocycles. The first kappa shape index (κ1) is 15.7. The molecule has 0 aliphatic heterocycles. The van der Waals surface area contributed by atoms with Crippen LogP contribution in [0, 0.1) is 0 Å². The molecule has 7 nitrogen and oxygen atoms in total. The van der Waals surface area contributed by atoms with Crippen LogP contribution in [0.3, 0.4) is 0 Å². The maximum absolute atomic E-state index is 11.7. The number of hydrogen-bond donors (Lipinski definition) is 1. The summed E-state index contributed by atoms with van der Waals surface area (Å²) in [6, 6.07) is 1.73. The number of nitrogens with one attached hydrogen (secondary N) is 1. The molecule has 0 spiro atoms. The molecule has 0 aliphatic rings. The van der Waals surface area contributed by atoms with Crippen LogP contribution < -0.4 is 5.32 Å². The number of esters is 2. The second kappa shape index (κ2) is 7.98. The predicted molar refractivity (Wildman–Crippen MR) is 72.9 cm³/mol. The third-order valence-corrected chi connectivity index (χ3v) is 2.37. The summed E-state index contributed by atoms with van der Waals surface area (Å²) in [6.45, 7) is 6.29. The Balaban J connectivity index is 2.89. The monoisotopic (exact) mass is 281 g/mol. The molecule has 110 valence electrons. The van der Waals surface area contributed by atoms with Crippen LogP contribution in [0.25, 0.3) is 0 Å². The number of rotatable bonds is 7. The summed E-state index contributed by atoms with van der Waals surface area (Å²) in [6.07, 6.45) is 2.90. The predicted octanol–water partition coefficient (Wildman–Crippen LogP) is 1.32. The number of aromatic nitrogens is 2. The van der Waals surface area contributed by atoms with Crippen LogP contribution in [0.4, 0.5) is 5.82 Å². The lowest BCUT2D eigenvalue weighted by Gasteiger charge is -2.08. The number of aryl methyl sites for hydroxylation is 1. The van der Waals surface area contributed by atoms with Gasteiger partial charge >= 0.3 is 11.9 Å². The minimum Gasteiger partial charge on any atom is -0.462 e. The van der Waals surface area contributed by atoms with E-state index in [0.29, 0.717) is 12.4 Å². The Morgan fingerprint density at radius 3 is 2.35 bits per heavy atom. The molecule has 20 heavy (non-hydrogen) atoms. The van der Waals surface area contributed by atoms with E-state index in [1.165, 1.54) is 6.20 Å². The van der Waals surface area contributed by atoms with Crippen LogP contribution in [0.2, 0.25) is 0 Å². The molecule has 0 radical (unpaired) electrons. The first-order chi connectivity index (χ1) is 9.63. The highest BCUT2D eigenvalue weighted by molar-refractivity contribution is 6.14. The highest BCUT2D eigenvalue weighted by atomic mass is 16.6. The van der Waals surface area contributed by atoms with E-state index in [-0.39, 0.29) is 18.8 Å². The van der Waals surface area contributed by atoms with Crippen molar-refractivity contribution in [3.05, 3.63) is 24.0 Å². The maximum Gasteiger partial charge on any atom is 0.347 e. The second-order valence-electron chi connectivity index (χ2n) is 3.68. The van der Waals surface area contributed by atoms with Crippen molar-refractivity contribution in [1.82, 2.24) is 9.78 Å². The SMILES string of the molecule is CCOC(=O)C(=CNc1ccnn1CC)C(=O)OCC. The van der Waals surface area contributed by atoms with Gasteiger partial charge in [0.05, 0.1) is 19.4 Å². The van der Waals surface area contributed by atoms with Crippen molar-refractivity contribution in [3.63, 3.8) is 0 Å². The first-order valence-electron chi connectivity index (χ1n) is 6.46. The quantitative estimate of drug-likeness (QED) is 0.351.